The van der Waals surface area contributed by atoms with E-state index in [0.717, 1.165) is 16.6 Å². The van der Waals surface area contributed by atoms with Gasteiger partial charge >= 0.3 is 0 Å². The van der Waals surface area contributed by atoms with Crippen LogP contribution in [0.2, 0.25) is 5.02 Å². The number of halogens is 1. The molecule has 3 heteroatoms. The normalized spacial score (nSPS) is 23.1. The van der Waals surface area contributed by atoms with E-state index in [1.54, 1.807) is 0 Å². The molecule has 1 aromatic rings. The molecular formula is C15H23ClN2. The smallest absolute Gasteiger partial charge is 0.0597 e. The molecule has 0 aliphatic heterocycles. The molecule has 2 nitrogen and oxygen atoms in total. The second kappa shape index (κ2) is 5.83. The van der Waals surface area contributed by atoms with Crippen LogP contribution in [0.25, 0.3) is 0 Å². The van der Waals surface area contributed by atoms with Crippen LogP contribution in [-0.2, 0) is 0 Å². The lowest BCUT2D eigenvalue weighted by molar-refractivity contribution is 0.489. The lowest BCUT2D eigenvalue weighted by Crippen LogP contribution is -2.24. The Morgan fingerprint density at radius 3 is 2.78 bits per heavy atom. The molecule has 2 rings (SSSR count). The first-order chi connectivity index (χ1) is 8.61. The van der Waals surface area contributed by atoms with Gasteiger partial charge in [-0.25, -0.2) is 0 Å². The summed E-state index contributed by atoms with van der Waals surface area (Å²) in [6, 6.07) is 6.68. The maximum Gasteiger partial charge on any atom is 0.0597 e. The average molecular weight is 267 g/mol. The summed E-state index contributed by atoms with van der Waals surface area (Å²) in [7, 11) is 4.14. The number of hydrogen-bond acceptors (Lipinski definition) is 2. The lowest BCUT2D eigenvalue weighted by Gasteiger charge is -2.25. The fraction of sp³-hybridized carbons (Fsp3) is 0.600. The van der Waals surface area contributed by atoms with E-state index in [1.807, 2.05) is 12.1 Å². The Balaban J connectivity index is 2.19. The molecule has 1 aliphatic carbocycles. The van der Waals surface area contributed by atoms with Gasteiger partial charge in [0.05, 0.1) is 11.4 Å². The molecule has 0 aromatic heterocycles. The fourth-order valence-electron chi connectivity index (χ4n) is 2.93. The number of rotatable bonds is 4. The van der Waals surface area contributed by atoms with Crippen molar-refractivity contribution in [1.82, 2.24) is 0 Å². The molecule has 1 saturated carbocycles. The Labute approximate surface area is 115 Å². The van der Waals surface area contributed by atoms with Crippen LogP contribution in [0, 0.1) is 5.92 Å². The highest BCUT2D eigenvalue weighted by atomic mass is 35.5. The maximum atomic E-state index is 6.12. The summed E-state index contributed by atoms with van der Waals surface area (Å²) >= 11 is 6.12. The van der Waals surface area contributed by atoms with Gasteiger partial charge in [-0.1, -0.05) is 31.4 Å². The van der Waals surface area contributed by atoms with Gasteiger partial charge in [-0.15, -0.1) is 0 Å². The Hall–Kier alpha value is -0.890. The fourth-order valence-corrected chi connectivity index (χ4v) is 3.10. The quantitative estimate of drug-likeness (QED) is 0.869. The van der Waals surface area contributed by atoms with Crippen LogP contribution in [0.1, 0.15) is 32.6 Å². The van der Waals surface area contributed by atoms with Crippen LogP contribution in [0.3, 0.4) is 0 Å². The highest BCUT2D eigenvalue weighted by Gasteiger charge is 2.26. The van der Waals surface area contributed by atoms with Crippen LogP contribution in [0.4, 0.5) is 11.4 Å². The van der Waals surface area contributed by atoms with Crippen LogP contribution < -0.4 is 10.2 Å². The van der Waals surface area contributed by atoms with Gasteiger partial charge < -0.3 is 10.2 Å². The van der Waals surface area contributed by atoms with Crippen molar-refractivity contribution in [1.29, 1.82) is 0 Å². The van der Waals surface area contributed by atoms with Crippen molar-refractivity contribution >= 4 is 23.0 Å². The Bertz CT molecular complexity index is 403. The monoisotopic (exact) mass is 266 g/mol. The third kappa shape index (κ3) is 2.92. The van der Waals surface area contributed by atoms with Crippen molar-refractivity contribution in [3.8, 4) is 0 Å². The number of benzene rings is 1. The van der Waals surface area contributed by atoms with Crippen molar-refractivity contribution < 1.29 is 0 Å². The van der Waals surface area contributed by atoms with Crippen LogP contribution in [0.15, 0.2) is 18.2 Å². The second-order valence-electron chi connectivity index (χ2n) is 5.41. The lowest BCUT2D eigenvalue weighted by atomic mass is 10.0. The maximum absolute atomic E-state index is 6.12. The first-order valence-corrected chi connectivity index (χ1v) is 7.23. The Morgan fingerprint density at radius 1 is 1.33 bits per heavy atom. The summed E-state index contributed by atoms with van der Waals surface area (Å²) in [5.74, 6) is 0.805. The minimum Gasteiger partial charge on any atom is -0.380 e. The van der Waals surface area contributed by atoms with Crippen LogP contribution in [-0.4, -0.2) is 20.1 Å². The molecule has 0 saturated heterocycles. The van der Waals surface area contributed by atoms with E-state index in [0.29, 0.717) is 6.04 Å². The van der Waals surface area contributed by atoms with Gasteiger partial charge in [-0.05, 0) is 37.0 Å². The standard InChI is InChI=1S/C15H23ClN2/c1-4-11-6-5-7-13(11)17-14-10-12(16)8-9-15(14)18(2)3/h8-11,13,17H,4-7H2,1-3H3. The Morgan fingerprint density at radius 2 is 2.11 bits per heavy atom. The SMILES string of the molecule is CCC1CCCC1Nc1cc(Cl)ccc1N(C)C. The van der Waals surface area contributed by atoms with Gasteiger partial charge in [0.1, 0.15) is 0 Å². The van der Waals surface area contributed by atoms with Crippen LogP contribution in [0.5, 0.6) is 0 Å². The van der Waals surface area contributed by atoms with Gasteiger partial charge in [0, 0.05) is 25.2 Å². The number of hydrogen-bond donors (Lipinski definition) is 1. The van der Waals surface area contributed by atoms with Crippen molar-refractivity contribution in [2.45, 2.75) is 38.6 Å². The molecule has 1 aliphatic rings. The van der Waals surface area contributed by atoms with E-state index >= 15 is 0 Å². The van der Waals surface area contributed by atoms with Crippen molar-refractivity contribution in [3.05, 3.63) is 23.2 Å². The van der Waals surface area contributed by atoms with Gasteiger partial charge in [0.2, 0.25) is 0 Å². The van der Waals surface area contributed by atoms with Gasteiger partial charge in [0.15, 0.2) is 0 Å². The largest absolute Gasteiger partial charge is 0.380 e. The molecule has 0 amide bonds. The summed E-state index contributed by atoms with van der Waals surface area (Å²) < 4.78 is 0. The summed E-state index contributed by atoms with van der Waals surface area (Å²) in [6.07, 6.45) is 5.23. The highest BCUT2D eigenvalue weighted by molar-refractivity contribution is 6.31. The van der Waals surface area contributed by atoms with Gasteiger partial charge in [-0.3, -0.25) is 0 Å². The summed E-state index contributed by atoms with van der Waals surface area (Å²) in [6.45, 7) is 2.29. The molecule has 1 N–H and O–H groups in total. The second-order valence-corrected chi connectivity index (χ2v) is 5.84. The molecule has 1 aromatic carbocycles. The minimum absolute atomic E-state index is 0.604. The van der Waals surface area contributed by atoms with Gasteiger partial charge in [-0.2, -0.15) is 0 Å². The molecule has 18 heavy (non-hydrogen) atoms. The average Bonchev–Trinajstić information content (AvgIpc) is 2.76. The summed E-state index contributed by atoms with van der Waals surface area (Å²) in [5, 5.41) is 4.51. The topological polar surface area (TPSA) is 15.3 Å². The third-order valence-electron chi connectivity index (χ3n) is 3.96. The summed E-state index contributed by atoms with van der Waals surface area (Å²) in [4.78, 5) is 2.13. The van der Waals surface area contributed by atoms with E-state index in [4.69, 9.17) is 11.6 Å². The van der Waals surface area contributed by atoms with E-state index < -0.39 is 0 Å². The molecule has 0 radical (unpaired) electrons. The van der Waals surface area contributed by atoms with Crippen LogP contribution >= 0.6 is 11.6 Å². The van der Waals surface area contributed by atoms with E-state index in [1.165, 1.54) is 31.4 Å². The number of nitrogens with zero attached hydrogens (tertiary/aromatic N) is 1. The third-order valence-corrected chi connectivity index (χ3v) is 4.20. The zero-order chi connectivity index (χ0) is 13.1. The zero-order valence-electron chi connectivity index (χ0n) is 11.5. The highest BCUT2D eigenvalue weighted by Crippen LogP contribution is 2.34. The first kappa shape index (κ1) is 13.5. The minimum atomic E-state index is 0.604. The molecule has 0 heterocycles. The first-order valence-electron chi connectivity index (χ1n) is 6.85. The number of anilines is 2. The summed E-state index contributed by atoms with van der Waals surface area (Å²) in [5.41, 5.74) is 2.37. The Kier molecular flexibility index (Phi) is 4.39. The molecule has 0 bridgehead atoms. The van der Waals surface area contributed by atoms with Crippen molar-refractivity contribution in [2.24, 2.45) is 5.92 Å². The number of nitrogens with one attached hydrogen (secondary N) is 1. The van der Waals surface area contributed by atoms with Crippen molar-refractivity contribution in [3.63, 3.8) is 0 Å². The van der Waals surface area contributed by atoms with E-state index in [-0.39, 0.29) is 0 Å². The molecule has 0 spiro atoms. The molecular weight excluding hydrogens is 244 g/mol. The molecule has 1 fully saturated rings. The van der Waals surface area contributed by atoms with Gasteiger partial charge in [0.25, 0.3) is 0 Å². The predicted molar refractivity (Wildman–Crippen MR) is 80.8 cm³/mol. The zero-order valence-corrected chi connectivity index (χ0v) is 12.3. The van der Waals surface area contributed by atoms with E-state index in [9.17, 15) is 0 Å². The molecule has 2 atom stereocenters. The van der Waals surface area contributed by atoms with E-state index in [2.05, 4.69) is 37.3 Å². The predicted octanol–water partition coefficient (Wildman–Crippen LogP) is 4.40. The molecule has 100 valence electrons. The molecule has 2 unspecified atom stereocenters. The van der Waals surface area contributed by atoms with Crippen molar-refractivity contribution in [2.75, 3.05) is 24.3 Å².